The van der Waals surface area contributed by atoms with E-state index >= 15 is 0 Å². The van der Waals surface area contributed by atoms with Gasteiger partial charge in [0.1, 0.15) is 21.8 Å². The lowest BCUT2D eigenvalue weighted by atomic mass is 10.0. The predicted octanol–water partition coefficient (Wildman–Crippen LogP) is 4.54. The number of nitrogens with zero attached hydrogens (tertiary/aromatic N) is 5. The second-order valence-electron chi connectivity index (χ2n) is 9.49. The fourth-order valence-electron chi connectivity index (χ4n) is 4.89. The highest BCUT2D eigenvalue weighted by atomic mass is 32.2. The van der Waals surface area contributed by atoms with Crippen molar-refractivity contribution in [3.05, 3.63) is 80.5 Å². The quantitative estimate of drug-likeness (QED) is 0.259. The first-order valence-electron chi connectivity index (χ1n) is 12.9. The van der Waals surface area contributed by atoms with Crippen LogP contribution >= 0.6 is 24.0 Å². The summed E-state index contributed by atoms with van der Waals surface area (Å²) in [4.78, 5) is 33.3. The molecule has 0 atom stereocenters. The second kappa shape index (κ2) is 12.6. The monoisotopic (exact) mass is 547 g/mol. The van der Waals surface area contributed by atoms with Gasteiger partial charge in [-0.2, -0.15) is 5.26 Å². The molecule has 198 valence electrons. The first-order chi connectivity index (χ1) is 18.4. The highest BCUT2D eigenvalue weighted by Crippen LogP contribution is 2.36. The number of nitriles is 1. The topological polar surface area (TPSA) is 72.6 Å². The normalized spacial score (nSPS) is 17.3. The molecule has 0 saturated carbocycles. The second-order valence-corrected chi connectivity index (χ2v) is 11.2. The third-order valence-electron chi connectivity index (χ3n) is 6.96. The van der Waals surface area contributed by atoms with Crippen molar-refractivity contribution < 1.29 is 4.79 Å². The Balaban J connectivity index is 1.75. The molecule has 9 heteroatoms. The Hall–Kier alpha value is -3.19. The number of unbranched alkanes of at least 4 members (excludes halogenated alkanes) is 1. The summed E-state index contributed by atoms with van der Waals surface area (Å²) in [6.07, 6.45) is 5.21. The Labute approximate surface area is 234 Å². The lowest BCUT2D eigenvalue weighted by Crippen LogP contribution is -2.48. The standard InChI is InChI=1S/C29H33N5O2S2/c1-4-6-13-33-26(32-16-14-31(15-17-32)20-22-10-8-7-9-11-22)23(21(3)24(19-30)27(33)35)18-25-28(36)34(12-5-2)29(37)38-25/h5,7-11,18H,2,4,6,12-17,20H2,1,3H3/b25-18+. The maximum absolute atomic E-state index is 13.5. The summed E-state index contributed by atoms with van der Waals surface area (Å²) in [6.45, 7) is 12.5. The number of carbonyl (C=O) groups is 1. The smallest absolute Gasteiger partial charge is 0.270 e. The third kappa shape index (κ3) is 5.78. The van der Waals surface area contributed by atoms with Gasteiger partial charge in [0.2, 0.25) is 0 Å². The molecule has 0 unspecified atom stereocenters. The predicted molar refractivity (Wildman–Crippen MR) is 159 cm³/mol. The van der Waals surface area contributed by atoms with Crippen LogP contribution in [0.2, 0.25) is 0 Å². The molecule has 1 amide bonds. The van der Waals surface area contributed by atoms with Crippen molar-refractivity contribution in [2.45, 2.75) is 39.8 Å². The van der Waals surface area contributed by atoms with Crippen molar-refractivity contribution in [2.24, 2.45) is 0 Å². The van der Waals surface area contributed by atoms with Crippen LogP contribution in [0.4, 0.5) is 5.82 Å². The summed E-state index contributed by atoms with van der Waals surface area (Å²) in [5, 5.41) is 9.90. The maximum atomic E-state index is 13.5. The van der Waals surface area contributed by atoms with Crippen molar-refractivity contribution in [1.82, 2.24) is 14.4 Å². The molecule has 2 saturated heterocycles. The molecule has 0 bridgehead atoms. The summed E-state index contributed by atoms with van der Waals surface area (Å²) >= 11 is 6.69. The summed E-state index contributed by atoms with van der Waals surface area (Å²) in [7, 11) is 0. The van der Waals surface area contributed by atoms with Crippen LogP contribution in [0.3, 0.4) is 0 Å². The number of hydrogen-bond donors (Lipinski definition) is 0. The number of carbonyl (C=O) groups excluding carboxylic acids is 1. The van der Waals surface area contributed by atoms with Crippen LogP contribution in [0.25, 0.3) is 6.08 Å². The molecule has 4 rings (SSSR count). The van der Waals surface area contributed by atoms with E-state index in [2.05, 4.69) is 53.6 Å². The Morgan fingerprint density at radius 2 is 1.87 bits per heavy atom. The van der Waals surface area contributed by atoms with Crippen LogP contribution in [0.15, 0.2) is 52.7 Å². The summed E-state index contributed by atoms with van der Waals surface area (Å²) in [6, 6.07) is 12.5. The molecule has 3 heterocycles. The molecule has 1 aromatic heterocycles. The lowest BCUT2D eigenvalue weighted by molar-refractivity contribution is -0.121. The number of benzene rings is 1. The number of thioether (sulfide) groups is 1. The van der Waals surface area contributed by atoms with Gasteiger partial charge in [0, 0.05) is 51.4 Å². The van der Waals surface area contributed by atoms with Gasteiger partial charge in [-0.15, -0.1) is 6.58 Å². The third-order valence-corrected chi connectivity index (χ3v) is 8.34. The minimum atomic E-state index is -0.267. The van der Waals surface area contributed by atoms with E-state index < -0.39 is 0 Å². The zero-order chi connectivity index (χ0) is 27.2. The molecule has 2 aliphatic rings. The minimum absolute atomic E-state index is 0.125. The van der Waals surface area contributed by atoms with E-state index in [-0.39, 0.29) is 17.0 Å². The average Bonchev–Trinajstić information content (AvgIpc) is 3.18. The fraction of sp³-hybridized carbons (Fsp3) is 0.379. The largest absolute Gasteiger partial charge is 0.355 e. The van der Waals surface area contributed by atoms with Gasteiger partial charge >= 0.3 is 0 Å². The number of hydrogen-bond acceptors (Lipinski definition) is 7. The van der Waals surface area contributed by atoms with Crippen molar-refractivity contribution in [3.63, 3.8) is 0 Å². The van der Waals surface area contributed by atoms with E-state index in [0.717, 1.165) is 56.9 Å². The molecule has 0 N–H and O–H groups in total. The molecule has 38 heavy (non-hydrogen) atoms. The van der Waals surface area contributed by atoms with Gasteiger partial charge in [-0.05, 0) is 30.5 Å². The molecule has 0 spiro atoms. The summed E-state index contributed by atoms with van der Waals surface area (Å²) in [5.74, 6) is 0.607. The molecule has 1 aromatic carbocycles. The van der Waals surface area contributed by atoms with Crippen LogP contribution < -0.4 is 10.5 Å². The van der Waals surface area contributed by atoms with Gasteiger partial charge in [-0.3, -0.25) is 24.0 Å². The van der Waals surface area contributed by atoms with Gasteiger partial charge in [-0.1, -0.05) is 73.7 Å². The van der Waals surface area contributed by atoms with Crippen molar-refractivity contribution in [3.8, 4) is 6.07 Å². The number of anilines is 1. The van der Waals surface area contributed by atoms with Crippen LogP contribution in [0.5, 0.6) is 0 Å². The molecular weight excluding hydrogens is 514 g/mol. The minimum Gasteiger partial charge on any atom is -0.355 e. The van der Waals surface area contributed by atoms with E-state index in [9.17, 15) is 14.9 Å². The summed E-state index contributed by atoms with van der Waals surface area (Å²) in [5.41, 5.74) is 2.47. The SMILES string of the molecule is C=CCN1C(=O)/C(=C\c2c(C)c(C#N)c(=O)n(CCCC)c2N2CCN(Cc3ccccc3)CC2)SC1=S. The molecule has 2 aliphatic heterocycles. The highest BCUT2D eigenvalue weighted by molar-refractivity contribution is 8.26. The molecule has 2 fully saturated rings. The number of rotatable bonds is 9. The van der Waals surface area contributed by atoms with Crippen LogP contribution in [-0.2, 0) is 17.9 Å². The highest BCUT2D eigenvalue weighted by Gasteiger charge is 2.33. The van der Waals surface area contributed by atoms with Crippen molar-refractivity contribution >= 4 is 46.1 Å². The molecular formula is C29H33N5O2S2. The first-order valence-corrected chi connectivity index (χ1v) is 14.2. The number of amides is 1. The van der Waals surface area contributed by atoms with Gasteiger partial charge < -0.3 is 4.90 Å². The van der Waals surface area contributed by atoms with Crippen LogP contribution in [-0.4, -0.2) is 57.3 Å². The Morgan fingerprint density at radius 3 is 2.50 bits per heavy atom. The number of thiocarbonyl (C=S) groups is 1. The summed E-state index contributed by atoms with van der Waals surface area (Å²) < 4.78 is 2.23. The van der Waals surface area contributed by atoms with E-state index in [1.54, 1.807) is 17.6 Å². The van der Waals surface area contributed by atoms with Crippen LogP contribution in [0.1, 0.15) is 42.0 Å². The van der Waals surface area contributed by atoms with Crippen LogP contribution in [0, 0.1) is 18.3 Å². The zero-order valence-electron chi connectivity index (χ0n) is 22.0. The zero-order valence-corrected chi connectivity index (χ0v) is 23.6. The number of aromatic nitrogens is 1. The molecule has 0 radical (unpaired) electrons. The van der Waals surface area contributed by atoms with E-state index in [4.69, 9.17) is 12.2 Å². The Bertz CT molecular complexity index is 1350. The molecule has 2 aromatic rings. The molecule has 0 aliphatic carbocycles. The van der Waals surface area contributed by atoms with Crippen molar-refractivity contribution in [1.29, 1.82) is 5.26 Å². The van der Waals surface area contributed by atoms with Crippen molar-refractivity contribution in [2.75, 3.05) is 37.6 Å². The van der Waals surface area contributed by atoms with Gasteiger partial charge in [-0.25, -0.2) is 0 Å². The Kier molecular flexibility index (Phi) is 9.21. The van der Waals surface area contributed by atoms with Gasteiger partial charge in [0.15, 0.2) is 0 Å². The van der Waals surface area contributed by atoms with Gasteiger partial charge in [0.05, 0.1) is 4.91 Å². The lowest BCUT2D eigenvalue weighted by Gasteiger charge is -2.38. The van der Waals surface area contributed by atoms with E-state index in [1.165, 1.54) is 22.2 Å². The maximum Gasteiger partial charge on any atom is 0.270 e. The van der Waals surface area contributed by atoms with Gasteiger partial charge in [0.25, 0.3) is 11.5 Å². The number of piperazine rings is 1. The van der Waals surface area contributed by atoms with E-state index in [1.807, 2.05) is 12.1 Å². The van der Waals surface area contributed by atoms with E-state index in [0.29, 0.717) is 27.9 Å². The average molecular weight is 548 g/mol. The Morgan fingerprint density at radius 1 is 1.16 bits per heavy atom. The first kappa shape index (κ1) is 27.8. The number of pyridine rings is 1. The molecule has 7 nitrogen and oxygen atoms in total. The fourth-order valence-corrected chi connectivity index (χ4v) is 6.14.